The number of hydrogen-bond donors (Lipinski definition) is 1. The van der Waals surface area contributed by atoms with Gasteiger partial charge in [-0.2, -0.15) is 0 Å². The Morgan fingerprint density at radius 3 is 2.47 bits per heavy atom. The van der Waals surface area contributed by atoms with E-state index in [1.165, 1.54) is 11.1 Å². The molecule has 0 saturated heterocycles. The van der Waals surface area contributed by atoms with Gasteiger partial charge in [-0.3, -0.25) is 0 Å². The predicted octanol–water partition coefficient (Wildman–Crippen LogP) is 4.38. The van der Waals surface area contributed by atoms with E-state index in [0.717, 1.165) is 16.7 Å². The first-order chi connectivity index (χ1) is 9.28. The Bertz CT molecular complexity index is 685. The zero-order valence-corrected chi connectivity index (χ0v) is 11.2. The minimum atomic E-state index is 0.229. The second kappa shape index (κ2) is 4.90. The van der Waals surface area contributed by atoms with Crippen LogP contribution in [0.1, 0.15) is 18.7 Å². The Hall–Kier alpha value is -2.06. The van der Waals surface area contributed by atoms with Gasteiger partial charge in [0.05, 0.1) is 6.04 Å². The smallest absolute Gasteiger partial charge is 0.134 e. The third kappa shape index (κ3) is 2.27. The highest BCUT2D eigenvalue weighted by atomic mass is 16.3. The van der Waals surface area contributed by atoms with E-state index in [0.29, 0.717) is 0 Å². The van der Waals surface area contributed by atoms with Gasteiger partial charge in [-0.05, 0) is 43.3 Å². The van der Waals surface area contributed by atoms with E-state index in [9.17, 15) is 0 Å². The molecule has 0 radical (unpaired) electrons. The monoisotopic (exact) mass is 251 g/mol. The molecule has 1 heterocycles. The summed E-state index contributed by atoms with van der Waals surface area (Å²) in [6.07, 6.45) is 0. The van der Waals surface area contributed by atoms with Crippen molar-refractivity contribution in [3.05, 3.63) is 60.4 Å². The van der Waals surface area contributed by atoms with Crippen molar-refractivity contribution in [3.8, 4) is 11.1 Å². The number of rotatable bonds is 3. The summed E-state index contributed by atoms with van der Waals surface area (Å²) in [5, 5.41) is 4.35. The topological polar surface area (TPSA) is 25.2 Å². The van der Waals surface area contributed by atoms with Gasteiger partial charge in [-0.25, -0.2) is 0 Å². The Labute approximate surface area is 113 Å². The summed E-state index contributed by atoms with van der Waals surface area (Å²) in [6, 6.07) is 19.1. The molecule has 0 spiro atoms. The van der Waals surface area contributed by atoms with Gasteiger partial charge in [0.2, 0.25) is 0 Å². The van der Waals surface area contributed by atoms with Gasteiger partial charge < -0.3 is 9.73 Å². The maximum absolute atomic E-state index is 5.85. The Balaban J connectivity index is 2.06. The molecule has 1 atom stereocenters. The van der Waals surface area contributed by atoms with Crippen LogP contribution in [0.15, 0.2) is 59.0 Å². The lowest BCUT2D eigenvalue weighted by Gasteiger charge is -2.04. The first-order valence-electron chi connectivity index (χ1n) is 6.54. The van der Waals surface area contributed by atoms with Crippen molar-refractivity contribution >= 4 is 11.0 Å². The molecule has 0 bridgehead atoms. The number of hydrogen-bond acceptors (Lipinski definition) is 2. The number of fused-ring (bicyclic) bond motifs is 1. The van der Waals surface area contributed by atoms with Crippen LogP contribution in [0.5, 0.6) is 0 Å². The van der Waals surface area contributed by atoms with Gasteiger partial charge in [0, 0.05) is 5.39 Å². The van der Waals surface area contributed by atoms with Gasteiger partial charge >= 0.3 is 0 Å². The summed E-state index contributed by atoms with van der Waals surface area (Å²) in [6.45, 7) is 2.09. The highest BCUT2D eigenvalue weighted by Gasteiger charge is 2.10. The maximum Gasteiger partial charge on any atom is 0.134 e. The zero-order chi connectivity index (χ0) is 13.2. The molecule has 0 aliphatic heterocycles. The molecular formula is C17H17NO. The Kier molecular flexibility index (Phi) is 3.10. The molecule has 0 aliphatic carbocycles. The van der Waals surface area contributed by atoms with E-state index >= 15 is 0 Å². The van der Waals surface area contributed by atoms with Crippen molar-refractivity contribution in [3.63, 3.8) is 0 Å². The van der Waals surface area contributed by atoms with Crippen LogP contribution in [0.25, 0.3) is 22.1 Å². The molecule has 0 fully saturated rings. The van der Waals surface area contributed by atoms with Crippen LogP contribution in [0.4, 0.5) is 0 Å². The molecular weight excluding hydrogens is 234 g/mol. The second-order valence-electron chi connectivity index (χ2n) is 4.78. The molecule has 3 rings (SSSR count). The molecule has 1 N–H and O–H groups in total. The fraction of sp³-hybridized carbons (Fsp3) is 0.176. The van der Waals surface area contributed by atoms with Crippen molar-refractivity contribution < 1.29 is 4.42 Å². The third-order valence-electron chi connectivity index (χ3n) is 3.50. The minimum Gasteiger partial charge on any atom is -0.459 e. The predicted molar refractivity (Wildman–Crippen MR) is 79.1 cm³/mol. The molecule has 1 unspecified atom stereocenters. The van der Waals surface area contributed by atoms with Crippen molar-refractivity contribution in [2.24, 2.45) is 0 Å². The lowest BCUT2D eigenvalue weighted by molar-refractivity contribution is 0.475. The normalized spacial score (nSPS) is 12.7. The standard InChI is InChI=1S/C17H17NO/c1-12(18-2)17-11-15-10-14(8-9-16(15)19-17)13-6-4-3-5-7-13/h3-12,18H,1-2H3. The minimum absolute atomic E-state index is 0.229. The van der Waals surface area contributed by atoms with Crippen molar-refractivity contribution in [2.45, 2.75) is 13.0 Å². The molecule has 2 aromatic carbocycles. The quantitative estimate of drug-likeness (QED) is 0.747. The van der Waals surface area contributed by atoms with Gasteiger partial charge in [-0.1, -0.05) is 36.4 Å². The van der Waals surface area contributed by atoms with E-state index in [1.807, 2.05) is 19.2 Å². The van der Waals surface area contributed by atoms with Crippen molar-refractivity contribution in [2.75, 3.05) is 7.05 Å². The van der Waals surface area contributed by atoms with Crippen LogP contribution < -0.4 is 5.32 Å². The average molecular weight is 251 g/mol. The SMILES string of the molecule is CNC(C)c1cc2cc(-c3ccccc3)ccc2o1. The summed E-state index contributed by atoms with van der Waals surface area (Å²) in [4.78, 5) is 0. The largest absolute Gasteiger partial charge is 0.459 e. The molecule has 0 aliphatic rings. The third-order valence-corrected chi connectivity index (χ3v) is 3.50. The molecule has 1 aromatic heterocycles. The highest BCUT2D eigenvalue weighted by Crippen LogP contribution is 2.28. The van der Waals surface area contributed by atoms with E-state index in [-0.39, 0.29) is 6.04 Å². The highest BCUT2D eigenvalue weighted by molar-refractivity contribution is 5.84. The molecule has 3 aromatic rings. The van der Waals surface area contributed by atoms with Gasteiger partial charge in [0.25, 0.3) is 0 Å². The number of benzene rings is 2. The maximum atomic E-state index is 5.85. The lowest BCUT2D eigenvalue weighted by Crippen LogP contribution is -2.10. The molecule has 19 heavy (non-hydrogen) atoms. The van der Waals surface area contributed by atoms with Gasteiger partial charge in [0.1, 0.15) is 11.3 Å². The summed E-state index contributed by atoms with van der Waals surface area (Å²) < 4.78 is 5.85. The van der Waals surface area contributed by atoms with E-state index in [1.54, 1.807) is 0 Å². The van der Waals surface area contributed by atoms with E-state index in [2.05, 4.69) is 54.7 Å². The Morgan fingerprint density at radius 2 is 1.74 bits per heavy atom. The first kappa shape index (κ1) is 12.0. The molecule has 96 valence electrons. The van der Waals surface area contributed by atoms with Crippen molar-refractivity contribution in [1.82, 2.24) is 5.32 Å². The van der Waals surface area contributed by atoms with Crippen LogP contribution >= 0.6 is 0 Å². The van der Waals surface area contributed by atoms with Crippen LogP contribution in [-0.4, -0.2) is 7.05 Å². The fourth-order valence-electron chi connectivity index (χ4n) is 2.23. The lowest BCUT2D eigenvalue weighted by atomic mass is 10.0. The molecule has 0 amide bonds. The molecule has 2 nitrogen and oxygen atoms in total. The van der Waals surface area contributed by atoms with Crippen LogP contribution in [0.2, 0.25) is 0 Å². The zero-order valence-electron chi connectivity index (χ0n) is 11.2. The summed E-state index contributed by atoms with van der Waals surface area (Å²) in [5.41, 5.74) is 3.39. The van der Waals surface area contributed by atoms with Gasteiger partial charge in [0.15, 0.2) is 0 Å². The summed E-state index contributed by atoms with van der Waals surface area (Å²) in [7, 11) is 1.94. The average Bonchev–Trinajstić information content (AvgIpc) is 2.90. The number of furan rings is 1. The molecule has 2 heteroatoms. The van der Waals surface area contributed by atoms with Crippen LogP contribution in [0, 0.1) is 0 Å². The summed E-state index contributed by atoms with van der Waals surface area (Å²) in [5.74, 6) is 0.975. The number of nitrogens with one attached hydrogen (secondary N) is 1. The van der Waals surface area contributed by atoms with E-state index < -0.39 is 0 Å². The fourth-order valence-corrected chi connectivity index (χ4v) is 2.23. The first-order valence-corrected chi connectivity index (χ1v) is 6.54. The van der Waals surface area contributed by atoms with E-state index in [4.69, 9.17) is 4.42 Å². The second-order valence-corrected chi connectivity index (χ2v) is 4.78. The van der Waals surface area contributed by atoms with Crippen LogP contribution in [0.3, 0.4) is 0 Å². The summed E-state index contributed by atoms with van der Waals surface area (Å²) >= 11 is 0. The van der Waals surface area contributed by atoms with Crippen LogP contribution in [-0.2, 0) is 0 Å². The van der Waals surface area contributed by atoms with Crippen molar-refractivity contribution in [1.29, 1.82) is 0 Å². The Morgan fingerprint density at radius 1 is 0.947 bits per heavy atom. The van der Waals surface area contributed by atoms with Gasteiger partial charge in [-0.15, -0.1) is 0 Å². The molecule has 0 saturated carbocycles.